The zero-order valence-corrected chi connectivity index (χ0v) is 7.74. The van der Waals surface area contributed by atoms with E-state index in [0.717, 1.165) is 11.1 Å². The number of hydrogen-bond donors (Lipinski definition) is 0. The average molecular weight is 188 g/mol. The third-order valence-corrected chi connectivity index (χ3v) is 2.09. The van der Waals surface area contributed by atoms with Crippen LogP contribution in [-0.4, -0.2) is 9.97 Å². The van der Waals surface area contributed by atoms with Crippen LogP contribution in [0, 0.1) is 12.9 Å². The minimum Gasteiger partial charge on any atom is -0.264 e. The second-order valence-corrected chi connectivity index (χ2v) is 3.03. The highest BCUT2D eigenvalue weighted by molar-refractivity contribution is 5.65. The summed E-state index contributed by atoms with van der Waals surface area (Å²) in [4.78, 5) is 7.57. The Hall–Kier alpha value is -1.77. The molecule has 0 aromatic carbocycles. The van der Waals surface area contributed by atoms with Crippen LogP contribution in [-0.2, 0) is 0 Å². The van der Waals surface area contributed by atoms with E-state index < -0.39 is 5.95 Å². The lowest BCUT2D eigenvalue weighted by Crippen LogP contribution is -1.90. The van der Waals surface area contributed by atoms with Crippen LogP contribution in [0.15, 0.2) is 36.8 Å². The van der Waals surface area contributed by atoms with Crippen molar-refractivity contribution in [2.45, 2.75) is 6.92 Å². The molecule has 2 aromatic heterocycles. The highest BCUT2D eigenvalue weighted by Gasteiger charge is 2.06. The Labute approximate surface area is 81.5 Å². The fourth-order valence-corrected chi connectivity index (χ4v) is 1.33. The average Bonchev–Trinajstić information content (AvgIpc) is 2.20. The first-order valence-corrected chi connectivity index (χ1v) is 4.30. The molecule has 2 heterocycles. The summed E-state index contributed by atoms with van der Waals surface area (Å²) in [5, 5.41) is 0. The third-order valence-electron chi connectivity index (χ3n) is 2.09. The van der Waals surface area contributed by atoms with Crippen molar-refractivity contribution >= 4 is 0 Å². The minimum absolute atomic E-state index is 0.455. The van der Waals surface area contributed by atoms with Crippen molar-refractivity contribution in [3.63, 3.8) is 0 Å². The van der Waals surface area contributed by atoms with Crippen molar-refractivity contribution < 1.29 is 4.39 Å². The predicted octanol–water partition coefficient (Wildman–Crippen LogP) is 2.59. The van der Waals surface area contributed by atoms with Crippen LogP contribution < -0.4 is 0 Å². The van der Waals surface area contributed by atoms with Crippen LogP contribution in [0.2, 0.25) is 0 Å². The lowest BCUT2D eigenvalue weighted by atomic mass is 10.1. The highest BCUT2D eigenvalue weighted by Crippen LogP contribution is 2.23. The van der Waals surface area contributed by atoms with Gasteiger partial charge >= 0.3 is 0 Å². The van der Waals surface area contributed by atoms with E-state index in [2.05, 4.69) is 9.97 Å². The van der Waals surface area contributed by atoms with Crippen LogP contribution >= 0.6 is 0 Å². The molecule has 2 aromatic rings. The van der Waals surface area contributed by atoms with Crippen molar-refractivity contribution in [3.8, 4) is 11.1 Å². The molecule has 14 heavy (non-hydrogen) atoms. The van der Waals surface area contributed by atoms with Gasteiger partial charge in [-0.05, 0) is 30.7 Å². The van der Waals surface area contributed by atoms with E-state index in [0.29, 0.717) is 5.56 Å². The SMILES string of the molecule is Cc1ccncc1-c1cccnc1F. The van der Waals surface area contributed by atoms with Gasteiger partial charge in [0.15, 0.2) is 0 Å². The Morgan fingerprint density at radius 3 is 2.71 bits per heavy atom. The van der Waals surface area contributed by atoms with Crippen LogP contribution in [0.5, 0.6) is 0 Å². The van der Waals surface area contributed by atoms with Gasteiger partial charge in [0.05, 0.1) is 0 Å². The van der Waals surface area contributed by atoms with Gasteiger partial charge in [0.1, 0.15) is 0 Å². The quantitative estimate of drug-likeness (QED) is 0.643. The zero-order chi connectivity index (χ0) is 9.97. The van der Waals surface area contributed by atoms with E-state index in [4.69, 9.17) is 0 Å². The van der Waals surface area contributed by atoms with Crippen molar-refractivity contribution in [2.24, 2.45) is 0 Å². The molecule has 0 saturated carbocycles. The summed E-state index contributed by atoms with van der Waals surface area (Å²) in [5.41, 5.74) is 2.28. The lowest BCUT2D eigenvalue weighted by Gasteiger charge is -2.04. The summed E-state index contributed by atoms with van der Waals surface area (Å²) in [5.74, 6) is -0.455. The first kappa shape index (κ1) is 8.81. The maximum absolute atomic E-state index is 13.3. The molecule has 0 bridgehead atoms. The molecule has 0 spiro atoms. The normalized spacial score (nSPS) is 10.1. The smallest absolute Gasteiger partial charge is 0.220 e. The third kappa shape index (κ3) is 1.48. The number of pyridine rings is 2. The molecule has 70 valence electrons. The Bertz CT molecular complexity index is 411. The Balaban J connectivity index is 2.61. The molecular formula is C11H9FN2. The van der Waals surface area contributed by atoms with Crippen LogP contribution in [0.1, 0.15) is 5.56 Å². The van der Waals surface area contributed by atoms with Gasteiger partial charge in [-0.25, -0.2) is 4.98 Å². The number of aryl methyl sites for hydroxylation is 1. The van der Waals surface area contributed by atoms with Gasteiger partial charge < -0.3 is 0 Å². The topological polar surface area (TPSA) is 25.8 Å². The van der Waals surface area contributed by atoms with Gasteiger partial charge in [-0.1, -0.05) is 0 Å². The van der Waals surface area contributed by atoms with Gasteiger partial charge in [0.2, 0.25) is 5.95 Å². The Morgan fingerprint density at radius 1 is 1.14 bits per heavy atom. The minimum atomic E-state index is -0.455. The largest absolute Gasteiger partial charge is 0.264 e. The summed E-state index contributed by atoms with van der Waals surface area (Å²) < 4.78 is 13.3. The number of hydrogen-bond acceptors (Lipinski definition) is 2. The monoisotopic (exact) mass is 188 g/mol. The van der Waals surface area contributed by atoms with Gasteiger partial charge in [0, 0.05) is 29.7 Å². The van der Waals surface area contributed by atoms with Crippen LogP contribution in [0.3, 0.4) is 0 Å². The molecule has 0 atom stereocenters. The van der Waals surface area contributed by atoms with Gasteiger partial charge in [-0.15, -0.1) is 0 Å². The van der Waals surface area contributed by atoms with E-state index in [1.54, 1.807) is 24.5 Å². The fraction of sp³-hybridized carbons (Fsp3) is 0.0909. The summed E-state index contributed by atoms with van der Waals surface area (Å²) in [6.07, 6.45) is 4.77. The molecule has 0 N–H and O–H groups in total. The Kier molecular flexibility index (Phi) is 2.23. The van der Waals surface area contributed by atoms with Crippen molar-refractivity contribution in [2.75, 3.05) is 0 Å². The molecule has 0 unspecified atom stereocenters. The molecular weight excluding hydrogens is 179 g/mol. The molecule has 0 aliphatic heterocycles. The van der Waals surface area contributed by atoms with Crippen LogP contribution in [0.4, 0.5) is 4.39 Å². The molecule has 0 aliphatic rings. The Morgan fingerprint density at radius 2 is 2.00 bits per heavy atom. The summed E-state index contributed by atoms with van der Waals surface area (Å²) in [6.45, 7) is 1.92. The number of rotatable bonds is 1. The summed E-state index contributed by atoms with van der Waals surface area (Å²) in [6, 6.07) is 5.26. The van der Waals surface area contributed by atoms with Gasteiger partial charge in [-0.2, -0.15) is 4.39 Å². The molecule has 0 amide bonds. The van der Waals surface area contributed by atoms with Crippen molar-refractivity contribution in [3.05, 3.63) is 48.3 Å². The van der Waals surface area contributed by atoms with Gasteiger partial charge in [0.25, 0.3) is 0 Å². The maximum atomic E-state index is 13.3. The molecule has 2 nitrogen and oxygen atoms in total. The number of halogens is 1. The molecule has 2 rings (SSSR count). The molecule has 3 heteroatoms. The van der Waals surface area contributed by atoms with Gasteiger partial charge in [-0.3, -0.25) is 4.98 Å². The lowest BCUT2D eigenvalue weighted by molar-refractivity contribution is 0.587. The zero-order valence-electron chi connectivity index (χ0n) is 7.74. The summed E-state index contributed by atoms with van der Waals surface area (Å²) in [7, 11) is 0. The number of aromatic nitrogens is 2. The highest BCUT2D eigenvalue weighted by atomic mass is 19.1. The predicted molar refractivity (Wildman–Crippen MR) is 52.2 cm³/mol. The second-order valence-electron chi connectivity index (χ2n) is 3.03. The maximum Gasteiger partial charge on any atom is 0.220 e. The first-order valence-electron chi connectivity index (χ1n) is 4.30. The first-order chi connectivity index (χ1) is 6.79. The fourth-order valence-electron chi connectivity index (χ4n) is 1.33. The van der Waals surface area contributed by atoms with E-state index in [1.807, 2.05) is 13.0 Å². The van der Waals surface area contributed by atoms with Crippen LogP contribution in [0.25, 0.3) is 11.1 Å². The molecule has 0 aliphatic carbocycles. The van der Waals surface area contributed by atoms with E-state index in [-0.39, 0.29) is 0 Å². The van der Waals surface area contributed by atoms with E-state index >= 15 is 0 Å². The van der Waals surface area contributed by atoms with Crippen molar-refractivity contribution in [1.29, 1.82) is 0 Å². The second kappa shape index (κ2) is 3.54. The summed E-state index contributed by atoms with van der Waals surface area (Å²) >= 11 is 0. The van der Waals surface area contributed by atoms with E-state index in [1.165, 1.54) is 6.20 Å². The van der Waals surface area contributed by atoms with Crippen molar-refractivity contribution in [1.82, 2.24) is 9.97 Å². The standard InChI is InChI=1S/C11H9FN2/c1-8-4-6-13-7-10(8)9-3-2-5-14-11(9)12/h2-7H,1H3. The van der Waals surface area contributed by atoms with E-state index in [9.17, 15) is 4.39 Å². The number of nitrogens with zero attached hydrogens (tertiary/aromatic N) is 2. The molecule has 0 fully saturated rings. The molecule has 0 saturated heterocycles. The molecule has 0 radical (unpaired) electrons.